The van der Waals surface area contributed by atoms with Gasteiger partial charge in [0.05, 0.1) is 0 Å². The second-order valence-corrected chi connectivity index (χ2v) is 2.98. The first-order valence-corrected chi connectivity index (χ1v) is 3.80. The van der Waals surface area contributed by atoms with Crippen molar-refractivity contribution in [3.63, 3.8) is 0 Å². The average Bonchev–Trinajstić information content (AvgIpc) is 1.79. The van der Waals surface area contributed by atoms with Crippen molar-refractivity contribution in [2.24, 2.45) is 0 Å². The third-order valence-electron chi connectivity index (χ3n) is 0.942. The van der Waals surface area contributed by atoms with Gasteiger partial charge in [-0.05, 0) is 27.7 Å². The van der Waals surface area contributed by atoms with Crippen molar-refractivity contribution in [2.75, 3.05) is 0 Å². The molecule has 0 fully saturated rings. The van der Waals surface area contributed by atoms with E-state index in [4.69, 9.17) is 0 Å². The maximum Gasteiger partial charge on any atom is 0.0199 e. The molecule has 0 aromatic carbocycles. The molecule has 0 atom stereocenters. The molecule has 0 aromatic heterocycles. The zero-order valence-electron chi connectivity index (χ0n) is 7.31. The third kappa shape index (κ3) is 7.34. The van der Waals surface area contributed by atoms with Crippen molar-refractivity contribution in [3.05, 3.63) is 12.4 Å². The topological polar surface area (TPSA) is 24.1 Å². The lowest BCUT2D eigenvalue weighted by Gasteiger charge is -2.05. The van der Waals surface area contributed by atoms with Gasteiger partial charge < -0.3 is 10.6 Å². The first-order chi connectivity index (χ1) is 4.63. The maximum atomic E-state index is 3.16. The van der Waals surface area contributed by atoms with Crippen molar-refractivity contribution in [1.29, 1.82) is 0 Å². The molecule has 0 aliphatic carbocycles. The molecule has 2 nitrogen and oxygen atoms in total. The Morgan fingerprint density at radius 3 is 1.30 bits per heavy atom. The highest BCUT2D eigenvalue weighted by atomic mass is 14.9. The molecule has 0 aliphatic rings. The van der Waals surface area contributed by atoms with Crippen LogP contribution < -0.4 is 10.6 Å². The van der Waals surface area contributed by atoms with Gasteiger partial charge in [-0.2, -0.15) is 0 Å². The van der Waals surface area contributed by atoms with E-state index in [2.05, 4.69) is 38.3 Å². The summed E-state index contributed by atoms with van der Waals surface area (Å²) in [6.45, 7) is 8.44. The summed E-state index contributed by atoms with van der Waals surface area (Å²) >= 11 is 0. The Bertz CT molecular complexity index is 83.4. The van der Waals surface area contributed by atoms with E-state index in [0.29, 0.717) is 12.1 Å². The predicted octanol–water partition coefficient (Wildman–Crippen LogP) is 1.45. The number of hydrogen-bond donors (Lipinski definition) is 2. The SMILES string of the molecule is CC(C)N/C=C\NC(C)C. The molecule has 0 bridgehead atoms. The highest BCUT2D eigenvalue weighted by molar-refractivity contribution is 4.79. The van der Waals surface area contributed by atoms with E-state index in [1.165, 1.54) is 0 Å². The second kappa shape index (κ2) is 5.15. The van der Waals surface area contributed by atoms with Crippen LogP contribution in [0.4, 0.5) is 0 Å². The Hall–Kier alpha value is -0.660. The fourth-order valence-electron chi connectivity index (χ4n) is 0.481. The summed E-state index contributed by atoms with van der Waals surface area (Å²) < 4.78 is 0. The average molecular weight is 142 g/mol. The smallest absolute Gasteiger partial charge is 0.0199 e. The maximum absolute atomic E-state index is 3.16. The minimum absolute atomic E-state index is 0.519. The van der Waals surface area contributed by atoms with Crippen molar-refractivity contribution in [2.45, 2.75) is 39.8 Å². The van der Waals surface area contributed by atoms with E-state index in [1.807, 2.05) is 12.4 Å². The molecule has 2 N–H and O–H groups in total. The lowest BCUT2D eigenvalue weighted by molar-refractivity contribution is 0.672. The van der Waals surface area contributed by atoms with E-state index >= 15 is 0 Å². The van der Waals surface area contributed by atoms with Crippen molar-refractivity contribution < 1.29 is 0 Å². The zero-order chi connectivity index (χ0) is 7.98. The van der Waals surface area contributed by atoms with Gasteiger partial charge in [-0.25, -0.2) is 0 Å². The van der Waals surface area contributed by atoms with Crippen LogP contribution in [0.25, 0.3) is 0 Å². The summed E-state index contributed by atoms with van der Waals surface area (Å²) in [5, 5.41) is 6.32. The van der Waals surface area contributed by atoms with Gasteiger partial charge in [0.2, 0.25) is 0 Å². The zero-order valence-corrected chi connectivity index (χ0v) is 7.31. The Morgan fingerprint density at radius 2 is 1.10 bits per heavy atom. The molecular weight excluding hydrogens is 124 g/mol. The molecule has 0 rings (SSSR count). The normalized spacial score (nSPS) is 11.4. The van der Waals surface area contributed by atoms with Gasteiger partial charge in [0.1, 0.15) is 0 Å². The largest absolute Gasteiger partial charge is 0.388 e. The van der Waals surface area contributed by atoms with Gasteiger partial charge in [-0.3, -0.25) is 0 Å². The van der Waals surface area contributed by atoms with Crippen molar-refractivity contribution >= 4 is 0 Å². The van der Waals surface area contributed by atoms with Gasteiger partial charge in [-0.15, -0.1) is 0 Å². The van der Waals surface area contributed by atoms with E-state index in [0.717, 1.165) is 0 Å². The number of hydrogen-bond acceptors (Lipinski definition) is 2. The van der Waals surface area contributed by atoms with Crippen molar-refractivity contribution in [3.8, 4) is 0 Å². The Kier molecular flexibility index (Phi) is 4.81. The van der Waals surface area contributed by atoms with Crippen LogP contribution >= 0.6 is 0 Å². The van der Waals surface area contributed by atoms with E-state index in [9.17, 15) is 0 Å². The molecule has 0 radical (unpaired) electrons. The summed E-state index contributed by atoms with van der Waals surface area (Å²) in [5.41, 5.74) is 0. The lowest BCUT2D eigenvalue weighted by Crippen LogP contribution is -2.20. The molecule has 0 aliphatic heterocycles. The Morgan fingerprint density at radius 1 is 0.800 bits per heavy atom. The van der Waals surface area contributed by atoms with Gasteiger partial charge in [-0.1, -0.05) is 0 Å². The highest BCUT2D eigenvalue weighted by Crippen LogP contribution is 1.77. The molecule has 0 unspecified atom stereocenters. The van der Waals surface area contributed by atoms with Gasteiger partial charge in [0.15, 0.2) is 0 Å². The monoisotopic (exact) mass is 142 g/mol. The van der Waals surface area contributed by atoms with Crippen LogP contribution in [0.15, 0.2) is 12.4 Å². The molecule has 0 spiro atoms. The van der Waals surface area contributed by atoms with Crippen LogP contribution in [0, 0.1) is 0 Å². The van der Waals surface area contributed by atoms with E-state index in [1.54, 1.807) is 0 Å². The summed E-state index contributed by atoms with van der Waals surface area (Å²) in [4.78, 5) is 0. The molecule has 0 saturated carbocycles. The van der Waals surface area contributed by atoms with Crippen molar-refractivity contribution in [1.82, 2.24) is 10.6 Å². The van der Waals surface area contributed by atoms with Crippen LogP contribution in [-0.2, 0) is 0 Å². The Labute approximate surface area is 63.7 Å². The highest BCUT2D eigenvalue weighted by Gasteiger charge is 1.84. The standard InChI is InChI=1S/C8H18N2/c1-7(2)9-5-6-10-8(3)4/h5-10H,1-4H3/b6-5-. The summed E-state index contributed by atoms with van der Waals surface area (Å²) in [5.74, 6) is 0. The Balaban J connectivity index is 3.20. The fourth-order valence-corrected chi connectivity index (χ4v) is 0.481. The second-order valence-electron chi connectivity index (χ2n) is 2.98. The third-order valence-corrected chi connectivity index (χ3v) is 0.942. The van der Waals surface area contributed by atoms with Crippen LogP contribution in [-0.4, -0.2) is 12.1 Å². The first kappa shape index (κ1) is 9.34. The molecule has 0 aromatic rings. The van der Waals surface area contributed by atoms with E-state index < -0.39 is 0 Å². The molecule has 0 amide bonds. The summed E-state index contributed by atoms with van der Waals surface area (Å²) in [6, 6.07) is 1.04. The summed E-state index contributed by atoms with van der Waals surface area (Å²) in [7, 11) is 0. The lowest BCUT2D eigenvalue weighted by atomic mass is 10.4. The predicted molar refractivity (Wildman–Crippen MR) is 45.7 cm³/mol. The molecule has 60 valence electrons. The number of nitrogens with one attached hydrogen (secondary N) is 2. The minimum Gasteiger partial charge on any atom is -0.388 e. The molecule has 0 saturated heterocycles. The van der Waals surface area contributed by atoms with Crippen LogP contribution in [0.1, 0.15) is 27.7 Å². The van der Waals surface area contributed by atoms with Crippen LogP contribution in [0.2, 0.25) is 0 Å². The van der Waals surface area contributed by atoms with Crippen LogP contribution in [0.3, 0.4) is 0 Å². The van der Waals surface area contributed by atoms with Crippen LogP contribution in [0.5, 0.6) is 0 Å². The molecule has 2 heteroatoms. The molecule has 0 heterocycles. The van der Waals surface area contributed by atoms with Gasteiger partial charge in [0, 0.05) is 24.5 Å². The minimum atomic E-state index is 0.519. The quantitative estimate of drug-likeness (QED) is 0.621. The summed E-state index contributed by atoms with van der Waals surface area (Å²) in [6.07, 6.45) is 3.87. The fraction of sp³-hybridized carbons (Fsp3) is 0.750. The first-order valence-electron chi connectivity index (χ1n) is 3.80. The van der Waals surface area contributed by atoms with Gasteiger partial charge in [0.25, 0.3) is 0 Å². The van der Waals surface area contributed by atoms with E-state index in [-0.39, 0.29) is 0 Å². The number of rotatable bonds is 4. The van der Waals surface area contributed by atoms with Gasteiger partial charge >= 0.3 is 0 Å². The molecule has 10 heavy (non-hydrogen) atoms. The molecular formula is C8H18N2.